The summed E-state index contributed by atoms with van der Waals surface area (Å²) in [5, 5.41) is 0. The van der Waals surface area contributed by atoms with Crippen molar-refractivity contribution in [3.8, 4) is 22.3 Å². The number of pyridine rings is 2. The maximum atomic E-state index is 13.6. The molecule has 3 rings (SSSR count). The van der Waals surface area contributed by atoms with Crippen LogP contribution in [-0.2, 0) is 6.18 Å². The molecule has 5 heteroatoms. The van der Waals surface area contributed by atoms with Crippen molar-refractivity contribution < 1.29 is 13.2 Å². The van der Waals surface area contributed by atoms with E-state index in [2.05, 4.69) is 9.97 Å². The van der Waals surface area contributed by atoms with Crippen LogP contribution in [0.4, 0.5) is 13.2 Å². The van der Waals surface area contributed by atoms with Gasteiger partial charge in [-0.2, -0.15) is 13.2 Å². The Hall–Kier alpha value is -2.69. The molecule has 0 N–H and O–H groups in total. The smallest absolute Gasteiger partial charge is 0.265 e. The minimum absolute atomic E-state index is 0.120. The highest BCUT2D eigenvalue weighted by molar-refractivity contribution is 5.78. The van der Waals surface area contributed by atoms with Gasteiger partial charge in [-0.1, -0.05) is 24.3 Å². The van der Waals surface area contributed by atoms with Gasteiger partial charge in [0.25, 0.3) is 0 Å². The van der Waals surface area contributed by atoms with Crippen LogP contribution in [0.2, 0.25) is 0 Å². The van der Waals surface area contributed by atoms with Crippen LogP contribution in [0.5, 0.6) is 0 Å². The minimum atomic E-state index is -4.47. The lowest BCUT2D eigenvalue weighted by Crippen LogP contribution is -2.09. The molecule has 2 aromatic heterocycles. The molecule has 0 aliphatic carbocycles. The van der Waals surface area contributed by atoms with Gasteiger partial charge >= 0.3 is 6.18 Å². The zero-order valence-electron chi connectivity index (χ0n) is 11.4. The van der Waals surface area contributed by atoms with Crippen LogP contribution in [-0.4, -0.2) is 9.97 Å². The van der Waals surface area contributed by atoms with Crippen molar-refractivity contribution in [2.75, 3.05) is 0 Å². The fourth-order valence-electron chi connectivity index (χ4n) is 2.39. The molecule has 2 heterocycles. The van der Waals surface area contributed by atoms with E-state index in [-0.39, 0.29) is 11.1 Å². The van der Waals surface area contributed by atoms with Crippen molar-refractivity contribution in [1.29, 1.82) is 0 Å². The lowest BCUT2D eigenvalue weighted by atomic mass is 9.92. The SMILES string of the molecule is FC(F)(F)c1c(-c2ccncc2)cccc1-c1cccnc1. The van der Waals surface area contributed by atoms with Gasteiger partial charge < -0.3 is 0 Å². The van der Waals surface area contributed by atoms with E-state index in [1.165, 1.54) is 36.9 Å². The van der Waals surface area contributed by atoms with Crippen molar-refractivity contribution in [2.45, 2.75) is 6.18 Å². The van der Waals surface area contributed by atoms with Gasteiger partial charge in [0.2, 0.25) is 0 Å². The molecule has 0 bridgehead atoms. The molecule has 0 fully saturated rings. The number of halogens is 3. The molecule has 0 amide bonds. The summed E-state index contributed by atoms with van der Waals surface area (Å²) in [5.41, 5.74) is 0.513. The molecule has 0 atom stereocenters. The Balaban J connectivity index is 2.29. The molecule has 0 aliphatic heterocycles. The molecular formula is C17H11F3N2. The van der Waals surface area contributed by atoms with E-state index < -0.39 is 11.7 Å². The third-order valence-electron chi connectivity index (χ3n) is 3.31. The Morgan fingerprint density at radius 1 is 0.682 bits per heavy atom. The molecule has 0 aliphatic rings. The number of benzene rings is 1. The summed E-state index contributed by atoms with van der Waals surface area (Å²) < 4.78 is 40.9. The first-order chi connectivity index (χ1) is 10.6. The van der Waals surface area contributed by atoms with E-state index in [9.17, 15) is 13.2 Å². The summed E-state index contributed by atoms with van der Waals surface area (Å²) in [5.74, 6) is 0. The van der Waals surface area contributed by atoms with Crippen LogP contribution in [0.25, 0.3) is 22.3 Å². The summed E-state index contributed by atoms with van der Waals surface area (Å²) in [7, 11) is 0. The number of aromatic nitrogens is 2. The van der Waals surface area contributed by atoms with E-state index in [0.717, 1.165) is 0 Å². The summed E-state index contributed by atoms with van der Waals surface area (Å²) in [4.78, 5) is 7.76. The summed E-state index contributed by atoms with van der Waals surface area (Å²) >= 11 is 0. The van der Waals surface area contributed by atoms with Gasteiger partial charge in [-0.3, -0.25) is 9.97 Å². The Bertz CT molecular complexity index is 711. The Kier molecular flexibility index (Phi) is 3.63. The molecule has 0 saturated carbocycles. The standard InChI is InChI=1S/C17H11F3N2/c18-17(19,20)16-14(12-6-9-21-10-7-12)4-1-5-15(16)13-3-2-8-22-11-13/h1-11H. The van der Waals surface area contributed by atoms with E-state index in [1.807, 2.05) is 0 Å². The molecule has 2 nitrogen and oxygen atoms in total. The highest BCUT2D eigenvalue weighted by Crippen LogP contribution is 2.42. The maximum Gasteiger partial charge on any atom is 0.417 e. The Morgan fingerprint density at radius 3 is 1.95 bits per heavy atom. The second-order valence-electron chi connectivity index (χ2n) is 4.70. The van der Waals surface area contributed by atoms with Crippen molar-refractivity contribution in [2.24, 2.45) is 0 Å². The predicted octanol–water partition coefficient (Wildman–Crippen LogP) is 4.83. The first kappa shape index (κ1) is 14.3. The molecule has 22 heavy (non-hydrogen) atoms. The van der Waals surface area contributed by atoms with E-state index >= 15 is 0 Å². The van der Waals surface area contributed by atoms with E-state index in [0.29, 0.717) is 11.1 Å². The van der Waals surface area contributed by atoms with Crippen molar-refractivity contribution in [3.05, 3.63) is 72.8 Å². The fraction of sp³-hybridized carbons (Fsp3) is 0.0588. The molecule has 0 saturated heterocycles. The largest absolute Gasteiger partial charge is 0.417 e. The topological polar surface area (TPSA) is 25.8 Å². The van der Waals surface area contributed by atoms with Gasteiger partial charge in [0, 0.05) is 30.4 Å². The molecular weight excluding hydrogens is 289 g/mol. The summed E-state index contributed by atoms with van der Waals surface area (Å²) in [6.45, 7) is 0. The van der Waals surface area contributed by atoms with Gasteiger partial charge in [0.15, 0.2) is 0 Å². The number of hydrogen-bond acceptors (Lipinski definition) is 2. The van der Waals surface area contributed by atoms with Gasteiger partial charge in [-0.05, 0) is 34.9 Å². The summed E-state index contributed by atoms with van der Waals surface area (Å²) in [6, 6.07) is 10.9. The number of hydrogen-bond donors (Lipinski definition) is 0. The van der Waals surface area contributed by atoms with Crippen molar-refractivity contribution in [3.63, 3.8) is 0 Å². The quantitative estimate of drug-likeness (QED) is 0.677. The average Bonchev–Trinajstić information content (AvgIpc) is 2.55. The third kappa shape index (κ3) is 2.70. The van der Waals surface area contributed by atoms with Crippen LogP contribution >= 0.6 is 0 Å². The lowest BCUT2D eigenvalue weighted by Gasteiger charge is -2.17. The zero-order valence-corrected chi connectivity index (χ0v) is 11.4. The number of rotatable bonds is 2. The maximum absolute atomic E-state index is 13.6. The molecule has 3 aromatic rings. The fourth-order valence-corrected chi connectivity index (χ4v) is 2.39. The second kappa shape index (κ2) is 5.60. The van der Waals surface area contributed by atoms with E-state index in [4.69, 9.17) is 0 Å². The zero-order chi connectivity index (χ0) is 15.6. The predicted molar refractivity (Wildman–Crippen MR) is 77.9 cm³/mol. The highest BCUT2D eigenvalue weighted by atomic mass is 19.4. The second-order valence-corrected chi connectivity index (χ2v) is 4.70. The van der Waals surface area contributed by atoms with Crippen molar-refractivity contribution in [1.82, 2.24) is 9.97 Å². The molecule has 0 unspecified atom stereocenters. The summed E-state index contributed by atoms with van der Waals surface area (Å²) in [6.07, 6.45) is 1.45. The first-order valence-electron chi connectivity index (χ1n) is 6.58. The Labute approximate surface area is 125 Å². The third-order valence-corrected chi connectivity index (χ3v) is 3.31. The number of nitrogens with zero attached hydrogens (tertiary/aromatic N) is 2. The van der Waals surface area contributed by atoms with Crippen LogP contribution in [0.3, 0.4) is 0 Å². The normalized spacial score (nSPS) is 11.4. The van der Waals surface area contributed by atoms with Gasteiger partial charge in [-0.15, -0.1) is 0 Å². The molecule has 110 valence electrons. The van der Waals surface area contributed by atoms with Gasteiger partial charge in [-0.25, -0.2) is 0 Å². The molecule has 0 radical (unpaired) electrons. The van der Waals surface area contributed by atoms with Crippen LogP contribution in [0.1, 0.15) is 5.56 Å². The molecule has 0 spiro atoms. The highest BCUT2D eigenvalue weighted by Gasteiger charge is 2.36. The van der Waals surface area contributed by atoms with E-state index in [1.54, 1.807) is 30.3 Å². The van der Waals surface area contributed by atoms with Crippen LogP contribution < -0.4 is 0 Å². The first-order valence-corrected chi connectivity index (χ1v) is 6.58. The Morgan fingerprint density at radius 2 is 1.36 bits per heavy atom. The lowest BCUT2D eigenvalue weighted by molar-refractivity contribution is -0.136. The van der Waals surface area contributed by atoms with Crippen LogP contribution in [0, 0.1) is 0 Å². The molecule has 1 aromatic carbocycles. The average molecular weight is 300 g/mol. The van der Waals surface area contributed by atoms with Crippen molar-refractivity contribution >= 4 is 0 Å². The van der Waals surface area contributed by atoms with Gasteiger partial charge in [0.1, 0.15) is 0 Å². The van der Waals surface area contributed by atoms with Gasteiger partial charge in [0.05, 0.1) is 5.56 Å². The van der Waals surface area contributed by atoms with Crippen LogP contribution in [0.15, 0.2) is 67.3 Å². The minimum Gasteiger partial charge on any atom is -0.265 e. The number of alkyl halides is 3. The monoisotopic (exact) mass is 300 g/mol.